The maximum Gasteiger partial charge on any atom is 0.271 e. The second kappa shape index (κ2) is 7.24. The molecule has 0 aliphatic carbocycles. The van der Waals surface area contributed by atoms with Crippen molar-refractivity contribution < 1.29 is 9.53 Å². The summed E-state index contributed by atoms with van der Waals surface area (Å²) < 4.78 is 5.00. The van der Waals surface area contributed by atoms with Crippen molar-refractivity contribution in [2.45, 2.75) is 19.8 Å². The molecular formula is C12H14Cl2N2O2. The highest BCUT2D eigenvalue weighted by Crippen LogP contribution is 2.33. The van der Waals surface area contributed by atoms with Gasteiger partial charge >= 0.3 is 0 Å². The fraction of sp³-hybridized carbons (Fsp3) is 0.333. The van der Waals surface area contributed by atoms with Gasteiger partial charge in [0.25, 0.3) is 5.91 Å². The number of carbonyl (C=O) groups excluding carboxylic acids is 1. The Morgan fingerprint density at radius 1 is 1.44 bits per heavy atom. The average Bonchev–Trinajstić information content (AvgIpc) is 2.34. The molecule has 0 heterocycles. The SMILES string of the molecule is CCC/C=N\NC(=O)c1cc(Cl)c(OC)c(Cl)c1. The van der Waals surface area contributed by atoms with Crippen LogP contribution in [0.2, 0.25) is 10.0 Å². The molecule has 0 saturated heterocycles. The lowest BCUT2D eigenvalue weighted by atomic mass is 10.2. The first kappa shape index (κ1) is 14.8. The number of unbranched alkanes of at least 4 members (excludes halogenated alkanes) is 1. The Bertz CT molecular complexity index is 438. The second-order valence-corrected chi connectivity index (χ2v) is 4.33. The van der Waals surface area contributed by atoms with Gasteiger partial charge in [-0.25, -0.2) is 5.43 Å². The number of hydrogen-bond acceptors (Lipinski definition) is 3. The Morgan fingerprint density at radius 2 is 2.06 bits per heavy atom. The molecule has 4 nitrogen and oxygen atoms in total. The van der Waals surface area contributed by atoms with Gasteiger partial charge in [0.05, 0.1) is 17.2 Å². The lowest BCUT2D eigenvalue weighted by Gasteiger charge is -2.07. The highest BCUT2D eigenvalue weighted by atomic mass is 35.5. The van der Waals surface area contributed by atoms with Gasteiger partial charge < -0.3 is 4.74 Å². The van der Waals surface area contributed by atoms with E-state index < -0.39 is 0 Å². The topological polar surface area (TPSA) is 50.7 Å². The molecule has 6 heteroatoms. The van der Waals surface area contributed by atoms with Crippen molar-refractivity contribution in [2.24, 2.45) is 5.10 Å². The molecule has 0 saturated carbocycles. The molecule has 0 aromatic heterocycles. The Kier molecular flexibility index (Phi) is 5.95. The molecule has 1 aromatic carbocycles. The molecule has 18 heavy (non-hydrogen) atoms. The number of carbonyl (C=O) groups is 1. The van der Waals surface area contributed by atoms with Crippen LogP contribution in [0.3, 0.4) is 0 Å². The Morgan fingerprint density at radius 3 is 2.56 bits per heavy atom. The van der Waals surface area contributed by atoms with Crippen LogP contribution in [0.15, 0.2) is 17.2 Å². The van der Waals surface area contributed by atoms with Crippen molar-refractivity contribution in [3.05, 3.63) is 27.7 Å². The predicted molar refractivity (Wildman–Crippen MR) is 73.9 cm³/mol. The van der Waals surface area contributed by atoms with E-state index in [-0.39, 0.29) is 16.0 Å². The highest BCUT2D eigenvalue weighted by Gasteiger charge is 2.12. The van der Waals surface area contributed by atoms with Crippen molar-refractivity contribution >= 4 is 35.3 Å². The number of nitrogens with zero attached hydrogens (tertiary/aromatic N) is 1. The summed E-state index contributed by atoms with van der Waals surface area (Å²) in [4.78, 5) is 11.7. The van der Waals surface area contributed by atoms with E-state index in [2.05, 4.69) is 10.5 Å². The van der Waals surface area contributed by atoms with Gasteiger partial charge in [0.15, 0.2) is 5.75 Å². The molecule has 0 bridgehead atoms. The fourth-order valence-electron chi connectivity index (χ4n) is 1.25. The zero-order chi connectivity index (χ0) is 13.5. The van der Waals surface area contributed by atoms with Crippen molar-refractivity contribution in [3.63, 3.8) is 0 Å². The first-order valence-electron chi connectivity index (χ1n) is 5.45. The predicted octanol–water partition coefficient (Wildman–Crippen LogP) is 3.52. The molecule has 0 radical (unpaired) electrons. The smallest absolute Gasteiger partial charge is 0.271 e. The van der Waals surface area contributed by atoms with Crippen LogP contribution < -0.4 is 10.2 Å². The Hall–Kier alpha value is -1.26. The number of ether oxygens (including phenoxy) is 1. The van der Waals surface area contributed by atoms with E-state index in [0.29, 0.717) is 11.3 Å². The lowest BCUT2D eigenvalue weighted by molar-refractivity contribution is 0.0955. The molecule has 0 fully saturated rings. The van der Waals surface area contributed by atoms with Gasteiger partial charge in [0.2, 0.25) is 0 Å². The molecule has 0 aliphatic rings. The van der Waals surface area contributed by atoms with Gasteiger partial charge in [0.1, 0.15) is 0 Å². The number of halogens is 2. The van der Waals surface area contributed by atoms with Crippen LogP contribution in [0.25, 0.3) is 0 Å². The molecule has 1 amide bonds. The summed E-state index contributed by atoms with van der Waals surface area (Å²) in [7, 11) is 1.46. The summed E-state index contributed by atoms with van der Waals surface area (Å²) in [5, 5.41) is 4.37. The van der Waals surface area contributed by atoms with Crippen LogP contribution in [0.4, 0.5) is 0 Å². The molecule has 0 spiro atoms. The van der Waals surface area contributed by atoms with Crippen LogP contribution in [0, 0.1) is 0 Å². The van der Waals surface area contributed by atoms with Crippen LogP contribution >= 0.6 is 23.2 Å². The lowest BCUT2D eigenvalue weighted by Crippen LogP contribution is -2.17. The molecule has 0 atom stereocenters. The van der Waals surface area contributed by atoms with Gasteiger partial charge in [-0.1, -0.05) is 36.5 Å². The monoisotopic (exact) mass is 288 g/mol. The zero-order valence-electron chi connectivity index (χ0n) is 10.2. The molecule has 1 rings (SSSR count). The van der Waals surface area contributed by atoms with Gasteiger partial charge in [0, 0.05) is 11.8 Å². The third kappa shape index (κ3) is 3.89. The summed E-state index contributed by atoms with van der Waals surface area (Å²) in [5.41, 5.74) is 2.73. The summed E-state index contributed by atoms with van der Waals surface area (Å²) in [5.74, 6) is -0.0156. The van der Waals surface area contributed by atoms with Gasteiger partial charge in [-0.05, 0) is 18.6 Å². The van der Waals surface area contributed by atoms with Crippen molar-refractivity contribution in [2.75, 3.05) is 7.11 Å². The van der Waals surface area contributed by atoms with E-state index in [4.69, 9.17) is 27.9 Å². The Labute approximate surface area is 116 Å². The van der Waals surface area contributed by atoms with Crippen molar-refractivity contribution in [1.82, 2.24) is 5.43 Å². The number of amides is 1. The number of methoxy groups -OCH3 is 1. The third-order valence-electron chi connectivity index (χ3n) is 2.14. The number of hydrazone groups is 1. The van der Waals surface area contributed by atoms with Crippen molar-refractivity contribution in [1.29, 1.82) is 0 Å². The summed E-state index contributed by atoms with van der Waals surface area (Å²) in [6.07, 6.45) is 3.43. The minimum Gasteiger partial charge on any atom is -0.494 e. The number of rotatable bonds is 5. The van der Waals surface area contributed by atoms with Crippen LogP contribution in [-0.4, -0.2) is 19.2 Å². The largest absolute Gasteiger partial charge is 0.494 e. The minimum absolute atomic E-state index is 0.285. The molecule has 98 valence electrons. The summed E-state index contributed by atoms with van der Waals surface area (Å²) >= 11 is 11.9. The normalized spacial score (nSPS) is 10.7. The van der Waals surface area contributed by atoms with E-state index in [9.17, 15) is 4.79 Å². The summed E-state index contributed by atoms with van der Waals surface area (Å²) in [6.45, 7) is 2.02. The number of nitrogens with one attached hydrogen (secondary N) is 1. The molecule has 1 aromatic rings. The van der Waals surface area contributed by atoms with E-state index in [1.165, 1.54) is 19.2 Å². The van der Waals surface area contributed by atoms with Gasteiger partial charge in [-0.2, -0.15) is 5.10 Å². The van der Waals surface area contributed by atoms with Crippen LogP contribution in [0.5, 0.6) is 5.75 Å². The quantitative estimate of drug-likeness (QED) is 0.666. The van der Waals surface area contributed by atoms with Crippen molar-refractivity contribution in [3.8, 4) is 5.75 Å². The van der Waals surface area contributed by atoms with Gasteiger partial charge in [-0.3, -0.25) is 4.79 Å². The third-order valence-corrected chi connectivity index (χ3v) is 2.70. The number of hydrogen-bond donors (Lipinski definition) is 1. The molecule has 1 N–H and O–H groups in total. The maximum absolute atomic E-state index is 11.7. The first-order chi connectivity index (χ1) is 8.60. The molecular weight excluding hydrogens is 275 g/mol. The zero-order valence-corrected chi connectivity index (χ0v) is 11.7. The van der Waals surface area contributed by atoms with E-state index in [0.717, 1.165) is 12.8 Å². The summed E-state index contributed by atoms with van der Waals surface area (Å²) in [6, 6.07) is 2.97. The Balaban J connectivity index is 2.81. The standard InChI is InChI=1S/C12H14Cl2N2O2/c1-3-4-5-15-16-12(17)8-6-9(13)11(18-2)10(14)7-8/h5-7H,3-4H2,1-2H3,(H,16,17)/b15-5-. The van der Waals surface area contributed by atoms with E-state index in [1.807, 2.05) is 6.92 Å². The molecule has 0 unspecified atom stereocenters. The minimum atomic E-state index is -0.367. The van der Waals surface area contributed by atoms with Crippen LogP contribution in [-0.2, 0) is 0 Å². The average molecular weight is 289 g/mol. The fourth-order valence-corrected chi connectivity index (χ4v) is 1.89. The number of benzene rings is 1. The second-order valence-electron chi connectivity index (χ2n) is 3.51. The van der Waals surface area contributed by atoms with Gasteiger partial charge in [-0.15, -0.1) is 0 Å². The van der Waals surface area contributed by atoms with Crippen LogP contribution in [0.1, 0.15) is 30.1 Å². The van der Waals surface area contributed by atoms with E-state index in [1.54, 1.807) is 6.21 Å². The highest BCUT2D eigenvalue weighted by molar-refractivity contribution is 6.37. The molecule has 0 aliphatic heterocycles. The van der Waals surface area contributed by atoms with E-state index >= 15 is 0 Å². The maximum atomic E-state index is 11.7. The first-order valence-corrected chi connectivity index (χ1v) is 6.20.